The van der Waals surface area contributed by atoms with Crippen LogP contribution in [0.4, 0.5) is 0 Å². The number of nitrogens with zero attached hydrogens (tertiary/aromatic N) is 2. The number of rotatable bonds is 5. The summed E-state index contributed by atoms with van der Waals surface area (Å²) in [5.74, 6) is -0.198. The molecule has 94 valence electrons. The van der Waals surface area contributed by atoms with Gasteiger partial charge >= 0.3 is 5.97 Å². The summed E-state index contributed by atoms with van der Waals surface area (Å²) < 4.78 is 4.94. The molecule has 0 aliphatic carbocycles. The van der Waals surface area contributed by atoms with E-state index in [4.69, 9.17) is 9.63 Å². The molecule has 0 unspecified atom stereocenters. The standard InChI is InChI=1S/C12H13N3O3/c1-8-4-11(15-18-8)7-13-6-10-3-2-9(5-14-10)12(16)17/h2-5,13H,6-7H2,1H3,(H,16,17). The van der Waals surface area contributed by atoms with E-state index < -0.39 is 5.97 Å². The minimum absolute atomic E-state index is 0.186. The predicted molar refractivity (Wildman–Crippen MR) is 63.0 cm³/mol. The molecule has 2 heterocycles. The zero-order chi connectivity index (χ0) is 13.0. The van der Waals surface area contributed by atoms with Gasteiger partial charge in [0.2, 0.25) is 0 Å². The van der Waals surface area contributed by atoms with Gasteiger partial charge in [0.05, 0.1) is 17.0 Å². The monoisotopic (exact) mass is 247 g/mol. The molecule has 6 heteroatoms. The van der Waals surface area contributed by atoms with Gasteiger partial charge in [-0.15, -0.1) is 0 Å². The number of aryl methyl sites for hydroxylation is 1. The summed E-state index contributed by atoms with van der Waals surface area (Å²) in [7, 11) is 0. The number of carbonyl (C=O) groups is 1. The topological polar surface area (TPSA) is 88.2 Å². The molecule has 0 saturated heterocycles. The average Bonchev–Trinajstić information content (AvgIpc) is 2.76. The zero-order valence-corrected chi connectivity index (χ0v) is 9.88. The van der Waals surface area contributed by atoms with Crippen molar-refractivity contribution in [1.82, 2.24) is 15.5 Å². The van der Waals surface area contributed by atoms with Crippen LogP contribution in [0.2, 0.25) is 0 Å². The van der Waals surface area contributed by atoms with Crippen LogP contribution in [0.1, 0.15) is 27.5 Å². The molecule has 0 atom stereocenters. The maximum Gasteiger partial charge on any atom is 0.337 e. The molecule has 18 heavy (non-hydrogen) atoms. The Bertz CT molecular complexity index is 534. The molecule has 2 N–H and O–H groups in total. The smallest absolute Gasteiger partial charge is 0.337 e. The zero-order valence-electron chi connectivity index (χ0n) is 9.88. The van der Waals surface area contributed by atoms with Gasteiger partial charge in [-0.1, -0.05) is 5.16 Å². The van der Waals surface area contributed by atoms with Gasteiger partial charge in [0.1, 0.15) is 5.76 Å². The van der Waals surface area contributed by atoms with Crippen LogP contribution >= 0.6 is 0 Å². The highest BCUT2D eigenvalue weighted by Crippen LogP contribution is 2.03. The first-order chi connectivity index (χ1) is 8.65. The number of carboxylic acid groups (broad SMARTS) is 1. The number of aromatic carboxylic acids is 1. The summed E-state index contributed by atoms with van der Waals surface area (Å²) in [5, 5.41) is 15.7. The van der Waals surface area contributed by atoms with E-state index in [0.29, 0.717) is 13.1 Å². The normalized spacial score (nSPS) is 10.5. The molecule has 0 radical (unpaired) electrons. The molecule has 0 saturated carbocycles. The van der Waals surface area contributed by atoms with Crippen molar-refractivity contribution in [3.63, 3.8) is 0 Å². The van der Waals surface area contributed by atoms with Crippen LogP contribution in [0.15, 0.2) is 28.9 Å². The van der Waals surface area contributed by atoms with Crippen molar-refractivity contribution < 1.29 is 14.4 Å². The molecule has 2 aromatic heterocycles. The minimum atomic E-state index is -0.972. The fourth-order valence-electron chi connectivity index (χ4n) is 1.48. The second-order valence-electron chi connectivity index (χ2n) is 3.88. The van der Waals surface area contributed by atoms with Crippen molar-refractivity contribution in [3.8, 4) is 0 Å². The molecular formula is C12H13N3O3. The molecule has 0 spiro atoms. The third kappa shape index (κ3) is 3.14. The molecule has 2 aromatic rings. The highest BCUT2D eigenvalue weighted by molar-refractivity contribution is 5.87. The van der Waals surface area contributed by atoms with Gasteiger partial charge in [0.15, 0.2) is 0 Å². The van der Waals surface area contributed by atoms with E-state index in [-0.39, 0.29) is 5.56 Å². The highest BCUT2D eigenvalue weighted by atomic mass is 16.5. The van der Waals surface area contributed by atoms with Crippen molar-refractivity contribution in [2.24, 2.45) is 0 Å². The van der Waals surface area contributed by atoms with Crippen molar-refractivity contribution in [2.75, 3.05) is 0 Å². The third-order valence-corrected chi connectivity index (χ3v) is 2.36. The van der Waals surface area contributed by atoms with E-state index in [9.17, 15) is 4.79 Å². The highest BCUT2D eigenvalue weighted by Gasteiger charge is 2.03. The molecule has 6 nitrogen and oxygen atoms in total. The maximum absolute atomic E-state index is 10.6. The van der Waals surface area contributed by atoms with Crippen molar-refractivity contribution in [2.45, 2.75) is 20.0 Å². The summed E-state index contributed by atoms with van der Waals surface area (Å²) in [6, 6.07) is 5.07. The number of carboxylic acids is 1. The first-order valence-corrected chi connectivity index (χ1v) is 5.46. The molecule has 0 bridgehead atoms. The number of nitrogens with one attached hydrogen (secondary N) is 1. The molecule has 0 aliphatic heterocycles. The maximum atomic E-state index is 10.6. The molecule has 0 fully saturated rings. The SMILES string of the molecule is Cc1cc(CNCc2ccc(C(=O)O)cn2)no1. The lowest BCUT2D eigenvalue weighted by Gasteiger charge is -2.02. The lowest BCUT2D eigenvalue weighted by Crippen LogP contribution is -2.14. The van der Waals surface area contributed by atoms with E-state index in [2.05, 4.69) is 15.5 Å². The van der Waals surface area contributed by atoms with Crippen LogP contribution in [0, 0.1) is 6.92 Å². The van der Waals surface area contributed by atoms with E-state index >= 15 is 0 Å². The Balaban J connectivity index is 1.85. The first-order valence-electron chi connectivity index (χ1n) is 5.46. The largest absolute Gasteiger partial charge is 0.478 e. The van der Waals surface area contributed by atoms with E-state index in [0.717, 1.165) is 17.1 Å². The number of aromatic nitrogens is 2. The number of hydrogen-bond donors (Lipinski definition) is 2. The Labute approximate surface area is 104 Å². The predicted octanol–water partition coefficient (Wildman–Crippen LogP) is 1.37. The second-order valence-corrected chi connectivity index (χ2v) is 3.88. The Hall–Kier alpha value is -2.21. The van der Waals surface area contributed by atoms with Crippen molar-refractivity contribution in [3.05, 3.63) is 47.1 Å². The Morgan fingerprint density at radius 3 is 2.72 bits per heavy atom. The van der Waals surface area contributed by atoms with Crippen LogP contribution in [0.5, 0.6) is 0 Å². The average molecular weight is 247 g/mol. The summed E-state index contributed by atoms with van der Waals surface area (Å²) >= 11 is 0. The lowest BCUT2D eigenvalue weighted by molar-refractivity contribution is 0.0696. The second kappa shape index (κ2) is 5.42. The van der Waals surface area contributed by atoms with E-state index in [1.165, 1.54) is 12.3 Å². The van der Waals surface area contributed by atoms with Gasteiger partial charge in [-0.2, -0.15) is 0 Å². The Kier molecular flexibility index (Phi) is 3.69. The number of hydrogen-bond acceptors (Lipinski definition) is 5. The van der Waals surface area contributed by atoms with E-state index in [1.807, 2.05) is 13.0 Å². The van der Waals surface area contributed by atoms with Gasteiger partial charge in [0, 0.05) is 25.4 Å². The van der Waals surface area contributed by atoms with Crippen LogP contribution in [0.3, 0.4) is 0 Å². The summed E-state index contributed by atoms with van der Waals surface area (Å²) in [6.45, 7) is 2.97. The molecule has 0 aliphatic rings. The lowest BCUT2D eigenvalue weighted by atomic mass is 10.2. The summed E-state index contributed by atoms with van der Waals surface area (Å²) in [5.41, 5.74) is 1.79. The first kappa shape index (κ1) is 12.3. The van der Waals surface area contributed by atoms with Crippen molar-refractivity contribution >= 4 is 5.97 Å². The summed E-state index contributed by atoms with van der Waals surface area (Å²) in [6.07, 6.45) is 1.35. The summed E-state index contributed by atoms with van der Waals surface area (Å²) in [4.78, 5) is 14.7. The van der Waals surface area contributed by atoms with Crippen LogP contribution < -0.4 is 5.32 Å². The van der Waals surface area contributed by atoms with Gasteiger partial charge in [-0.25, -0.2) is 4.79 Å². The van der Waals surface area contributed by atoms with Crippen LogP contribution in [-0.4, -0.2) is 21.2 Å². The number of pyridine rings is 1. The molecular weight excluding hydrogens is 234 g/mol. The van der Waals surface area contributed by atoms with Crippen molar-refractivity contribution in [1.29, 1.82) is 0 Å². The Morgan fingerprint density at radius 1 is 1.39 bits per heavy atom. The fraction of sp³-hybridized carbons (Fsp3) is 0.250. The quantitative estimate of drug-likeness (QED) is 0.829. The van der Waals surface area contributed by atoms with Crippen LogP contribution in [0.25, 0.3) is 0 Å². The van der Waals surface area contributed by atoms with Gasteiger partial charge in [0.25, 0.3) is 0 Å². The third-order valence-electron chi connectivity index (χ3n) is 2.36. The minimum Gasteiger partial charge on any atom is -0.478 e. The Morgan fingerprint density at radius 2 is 2.17 bits per heavy atom. The van der Waals surface area contributed by atoms with Gasteiger partial charge < -0.3 is 14.9 Å². The van der Waals surface area contributed by atoms with Gasteiger partial charge in [-0.3, -0.25) is 4.98 Å². The molecule has 0 amide bonds. The van der Waals surface area contributed by atoms with E-state index in [1.54, 1.807) is 6.07 Å². The van der Waals surface area contributed by atoms with Gasteiger partial charge in [-0.05, 0) is 19.1 Å². The van der Waals surface area contributed by atoms with Crippen LogP contribution in [-0.2, 0) is 13.1 Å². The fourth-order valence-corrected chi connectivity index (χ4v) is 1.48. The molecule has 0 aromatic carbocycles. The molecule has 2 rings (SSSR count).